The molecule has 38 heavy (non-hydrogen) atoms. The quantitative estimate of drug-likeness (QED) is 0.253. The van der Waals surface area contributed by atoms with Crippen LogP contribution in [0.15, 0.2) is 22.4 Å². The number of hydrogen-bond donors (Lipinski definition) is 0. The van der Waals surface area contributed by atoms with Crippen molar-refractivity contribution in [3.05, 3.63) is 34.7 Å². The van der Waals surface area contributed by atoms with Gasteiger partial charge in [-0.3, -0.25) is 9.59 Å². The molecule has 0 aliphatic heterocycles. The summed E-state index contributed by atoms with van der Waals surface area (Å²) in [5.41, 5.74) is 10.5. The average molecular weight is 518 g/mol. The van der Waals surface area contributed by atoms with Gasteiger partial charge in [0, 0.05) is 22.3 Å². The fourth-order valence-electron chi connectivity index (χ4n) is 10.9. The van der Waals surface area contributed by atoms with Crippen LogP contribution in [0.5, 0.6) is 0 Å². The first-order valence-electron chi connectivity index (χ1n) is 14.6. The molecule has 1 heterocycles. The Labute approximate surface area is 226 Å². The maximum atomic E-state index is 14.5. The van der Waals surface area contributed by atoms with Crippen molar-refractivity contribution in [1.29, 1.82) is 0 Å². The molecular formula is C32H43N3O3. The molecule has 0 bridgehead atoms. The monoisotopic (exact) mass is 517 g/mol. The Morgan fingerprint density at radius 3 is 2.50 bits per heavy atom. The minimum Gasteiger partial charge on any atom is -0.361 e. The molecule has 0 amide bonds. The van der Waals surface area contributed by atoms with Gasteiger partial charge in [-0.1, -0.05) is 59.2 Å². The summed E-state index contributed by atoms with van der Waals surface area (Å²) >= 11 is 0. The smallest absolute Gasteiger partial charge is 0.323 e. The lowest BCUT2D eigenvalue weighted by Gasteiger charge is -2.69. The first kappa shape index (κ1) is 25.9. The van der Waals surface area contributed by atoms with E-state index in [1.54, 1.807) is 0 Å². The number of aromatic nitrogens is 1. The first-order valence-corrected chi connectivity index (χ1v) is 14.6. The number of carbonyl (C=O) groups excluding carboxylic acids is 2. The molecule has 7 atom stereocenters. The lowest BCUT2D eigenvalue weighted by molar-refractivity contribution is -0.175. The lowest BCUT2D eigenvalue weighted by Crippen LogP contribution is -2.66. The molecule has 5 aliphatic carbocycles. The summed E-state index contributed by atoms with van der Waals surface area (Å²) in [6.07, 6.45) is 12.1. The van der Waals surface area contributed by atoms with Gasteiger partial charge in [0.1, 0.15) is 5.76 Å². The molecule has 3 fully saturated rings. The Kier molecular flexibility index (Phi) is 5.22. The molecule has 204 valence electrons. The van der Waals surface area contributed by atoms with Gasteiger partial charge in [0.25, 0.3) is 0 Å². The zero-order chi connectivity index (χ0) is 27.5. The van der Waals surface area contributed by atoms with E-state index >= 15 is 0 Å². The van der Waals surface area contributed by atoms with Crippen LogP contribution in [0.1, 0.15) is 105 Å². The van der Waals surface area contributed by atoms with E-state index in [1.165, 1.54) is 11.1 Å². The summed E-state index contributed by atoms with van der Waals surface area (Å²) in [7, 11) is 0. The van der Waals surface area contributed by atoms with Gasteiger partial charge in [-0.05, 0) is 90.9 Å². The number of fused-ring (bicyclic) bond motifs is 8. The van der Waals surface area contributed by atoms with Crippen LogP contribution in [-0.4, -0.2) is 27.7 Å². The van der Waals surface area contributed by atoms with Crippen LogP contribution in [0.25, 0.3) is 5.53 Å². The van der Waals surface area contributed by atoms with E-state index in [4.69, 9.17) is 4.52 Å². The van der Waals surface area contributed by atoms with Gasteiger partial charge in [-0.25, -0.2) is 0 Å². The van der Waals surface area contributed by atoms with Gasteiger partial charge in [0.05, 0.1) is 6.20 Å². The molecule has 0 aromatic carbocycles. The molecule has 0 radical (unpaired) electrons. The van der Waals surface area contributed by atoms with E-state index in [2.05, 4.69) is 58.4 Å². The van der Waals surface area contributed by atoms with E-state index in [0.717, 1.165) is 63.3 Å². The van der Waals surface area contributed by atoms with Gasteiger partial charge in [-0.2, -0.15) is 4.79 Å². The van der Waals surface area contributed by atoms with Crippen LogP contribution in [0.4, 0.5) is 0 Å². The summed E-state index contributed by atoms with van der Waals surface area (Å²) in [6.45, 7) is 16.3. The Hall–Kier alpha value is -2.33. The number of ketones is 2. The molecule has 6 heteroatoms. The van der Waals surface area contributed by atoms with E-state index in [-0.39, 0.29) is 50.5 Å². The maximum Gasteiger partial charge on any atom is 0.323 e. The zero-order valence-corrected chi connectivity index (χ0v) is 24.2. The summed E-state index contributed by atoms with van der Waals surface area (Å²) in [6, 6.07) is 0. The number of carbonyl (C=O) groups is 2. The van der Waals surface area contributed by atoms with E-state index < -0.39 is 5.41 Å². The van der Waals surface area contributed by atoms with Crippen molar-refractivity contribution in [3.8, 4) is 0 Å². The van der Waals surface area contributed by atoms with Crippen LogP contribution in [-0.2, 0) is 21.4 Å². The van der Waals surface area contributed by atoms with Crippen LogP contribution >= 0.6 is 0 Å². The second-order valence-corrected chi connectivity index (χ2v) is 15.5. The maximum absolute atomic E-state index is 14.5. The van der Waals surface area contributed by atoms with Gasteiger partial charge >= 0.3 is 6.21 Å². The predicted molar refractivity (Wildman–Crippen MR) is 144 cm³/mol. The van der Waals surface area contributed by atoms with E-state index in [1.807, 2.05) is 12.3 Å². The second-order valence-electron chi connectivity index (χ2n) is 15.5. The van der Waals surface area contributed by atoms with Crippen molar-refractivity contribution in [2.75, 3.05) is 0 Å². The normalized spacial score (nSPS) is 44.2. The highest BCUT2D eigenvalue weighted by Crippen LogP contribution is 2.74. The molecule has 0 saturated heterocycles. The molecule has 1 unspecified atom stereocenters. The first-order chi connectivity index (χ1) is 17.7. The third-order valence-corrected chi connectivity index (χ3v) is 13.0. The Bertz CT molecular complexity index is 1310. The molecule has 0 spiro atoms. The van der Waals surface area contributed by atoms with Crippen molar-refractivity contribution in [3.63, 3.8) is 0 Å². The molecule has 1 aromatic rings. The molecule has 6 rings (SSSR count). The highest BCUT2D eigenvalue weighted by atomic mass is 16.5. The molecule has 3 saturated carbocycles. The Morgan fingerprint density at radius 1 is 1.08 bits per heavy atom. The highest BCUT2D eigenvalue weighted by Gasteiger charge is 2.71. The Morgan fingerprint density at radius 2 is 1.79 bits per heavy atom. The van der Waals surface area contributed by atoms with Crippen molar-refractivity contribution in [1.82, 2.24) is 5.16 Å². The summed E-state index contributed by atoms with van der Waals surface area (Å²) in [5, 5.41) is 4.18. The largest absolute Gasteiger partial charge is 0.361 e. The zero-order valence-electron chi connectivity index (χ0n) is 24.2. The lowest BCUT2D eigenvalue weighted by atomic mass is 9.33. The Balaban J connectivity index is 1.51. The average Bonchev–Trinajstić information content (AvgIpc) is 3.29. The number of rotatable bonds is 2. The highest BCUT2D eigenvalue weighted by molar-refractivity contribution is 6.28. The predicted octanol–water partition coefficient (Wildman–Crippen LogP) is 6.54. The van der Waals surface area contributed by atoms with Crippen LogP contribution in [0, 0.1) is 44.8 Å². The molecule has 5 aliphatic rings. The van der Waals surface area contributed by atoms with Gasteiger partial charge in [0.2, 0.25) is 5.78 Å². The fraction of sp³-hybridized carbons (Fsp3) is 0.750. The third kappa shape index (κ3) is 2.99. The summed E-state index contributed by atoms with van der Waals surface area (Å²) in [5.74, 6) is 1.23. The van der Waals surface area contributed by atoms with Crippen LogP contribution < -0.4 is 0 Å². The van der Waals surface area contributed by atoms with Gasteiger partial charge in [-0.15, -0.1) is 0 Å². The van der Waals surface area contributed by atoms with Crippen LogP contribution in [0.2, 0.25) is 0 Å². The number of hydrogen-bond acceptors (Lipinski definition) is 4. The second kappa shape index (κ2) is 7.65. The minimum absolute atomic E-state index is 0.0457. The van der Waals surface area contributed by atoms with Crippen molar-refractivity contribution >= 4 is 17.8 Å². The van der Waals surface area contributed by atoms with Crippen LogP contribution in [0.3, 0.4) is 0 Å². The molecule has 6 nitrogen and oxygen atoms in total. The van der Waals surface area contributed by atoms with Crippen molar-refractivity contribution < 1.29 is 18.9 Å². The summed E-state index contributed by atoms with van der Waals surface area (Å²) < 4.78 is 5.79. The standard InChI is InChI=1S/C32H43N3O3/c1-27(2)10-12-32(24(37)18-34-33)13-11-31(7)25(20(32)16-27)21(36)14-23-29(5)15-19-17-35-38-26(19)28(3,4)22(29)8-9-30(23,31)6/h14,17-18,20,22,25H,8-13,15-16H2,1-7H3/t20-,22?,25-,29-,30+,31+,32-/m0/s1. The van der Waals surface area contributed by atoms with E-state index in [0.29, 0.717) is 5.92 Å². The number of nitrogens with zero attached hydrogens (tertiary/aromatic N) is 3. The molecule has 1 aromatic heterocycles. The molecule has 0 N–H and O–H groups in total. The van der Waals surface area contributed by atoms with Crippen molar-refractivity contribution in [2.24, 2.45) is 44.8 Å². The summed E-state index contributed by atoms with van der Waals surface area (Å²) in [4.78, 5) is 31.2. The van der Waals surface area contributed by atoms with E-state index in [9.17, 15) is 15.1 Å². The number of Topliss-reactive ketones (excluding diaryl/α,β-unsaturated/α-hetero) is 1. The van der Waals surface area contributed by atoms with Gasteiger partial charge in [0.15, 0.2) is 5.78 Å². The third-order valence-electron chi connectivity index (χ3n) is 13.0. The molecular weight excluding hydrogens is 474 g/mol. The number of allylic oxidation sites excluding steroid dienone is 2. The SMILES string of the molecule is CC1(C)CC[C@]2(C(=O)C=[N+]=[N-])CC[C@]3(C)[C@H](C(=O)C=C4[C@@]5(C)Cc6cnoc6C(C)(C)C5CC[C@]43C)[C@@H]2C1. The van der Waals surface area contributed by atoms with Crippen molar-refractivity contribution in [2.45, 2.75) is 105 Å². The fourth-order valence-corrected chi connectivity index (χ4v) is 10.9. The van der Waals surface area contributed by atoms with Gasteiger partial charge < -0.3 is 10.1 Å². The minimum atomic E-state index is -0.616. The topological polar surface area (TPSA) is 96.6 Å².